The molecule has 3 rings (SSSR count). The van der Waals surface area contributed by atoms with Crippen LogP contribution in [0.1, 0.15) is 25.7 Å². The SMILES string of the molecule is O=C(NC1CCCC1)N1CCOc2ccc(Cl)cc21. The van der Waals surface area contributed by atoms with Crippen LogP contribution in [0.5, 0.6) is 5.75 Å². The summed E-state index contributed by atoms with van der Waals surface area (Å²) in [4.78, 5) is 14.1. The van der Waals surface area contributed by atoms with Crippen LogP contribution in [0.15, 0.2) is 18.2 Å². The summed E-state index contributed by atoms with van der Waals surface area (Å²) in [6.07, 6.45) is 4.57. The van der Waals surface area contributed by atoms with E-state index in [2.05, 4.69) is 5.32 Å². The molecule has 0 unspecified atom stereocenters. The van der Waals surface area contributed by atoms with Crippen molar-refractivity contribution in [3.05, 3.63) is 23.2 Å². The van der Waals surface area contributed by atoms with E-state index in [4.69, 9.17) is 16.3 Å². The van der Waals surface area contributed by atoms with Crippen molar-refractivity contribution in [3.8, 4) is 5.75 Å². The van der Waals surface area contributed by atoms with Gasteiger partial charge in [-0.3, -0.25) is 4.90 Å². The van der Waals surface area contributed by atoms with E-state index in [-0.39, 0.29) is 6.03 Å². The highest BCUT2D eigenvalue weighted by Crippen LogP contribution is 2.34. The molecule has 4 nitrogen and oxygen atoms in total. The second-order valence-corrected chi connectivity index (χ2v) is 5.48. The number of amides is 2. The van der Waals surface area contributed by atoms with Crippen molar-refractivity contribution in [3.63, 3.8) is 0 Å². The standard InChI is InChI=1S/C14H17ClN2O2/c15-10-5-6-13-12(9-10)17(7-8-19-13)14(18)16-11-3-1-2-4-11/h5-6,9,11H,1-4,7-8H2,(H,16,18). The van der Waals surface area contributed by atoms with Crippen LogP contribution in [0.4, 0.5) is 10.5 Å². The molecule has 2 amide bonds. The molecule has 0 spiro atoms. The van der Waals surface area contributed by atoms with Crippen molar-refractivity contribution in [2.24, 2.45) is 0 Å². The summed E-state index contributed by atoms with van der Waals surface area (Å²) >= 11 is 6.00. The molecule has 0 bridgehead atoms. The van der Waals surface area contributed by atoms with Gasteiger partial charge >= 0.3 is 6.03 Å². The summed E-state index contributed by atoms with van der Waals surface area (Å²) in [7, 11) is 0. The molecule has 0 aromatic heterocycles. The molecular weight excluding hydrogens is 264 g/mol. The summed E-state index contributed by atoms with van der Waals surface area (Å²) in [5.41, 5.74) is 0.759. The highest BCUT2D eigenvalue weighted by atomic mass is 35.5. The third-order valence-corrected chi connectivity index (χ3v) is 3.95. The topological polar surface area (TPSA) is 41.6 Å². The zero-order valence-electron chi connectivity index (χ0n) is 10.7. The zero-order valence-corrected chi connectivity index (χ0v) is 11.4. The van der Waals surface area contributed by atoms with Crippen LogP contribution >= 0.6 is 11.6 Å². The summed E-state index contributed by atoms with van der Waals surface area (Å²) in [6, 6.07) is 5.65. The van der Waals surface area contributed by atoms with E-state index in [1.165, 1.54) is 12.8 Å². The van der Waals surface area contributed by atoms with Crippen LogP contribution < -0.4 is 15.0 Å². The quantitative estimate of drug-likeness (QED) is 0.858. The Morgan fingerprint density at radius 2 is 2.16 bits per heavy atom. The molecule has 1 aliphatic heterocycles. The Bertz CT molecular complexity index is 486. The number of hydrogen-bond acceptors (Lipinski definition) is 2. The van der Waals surface area contributed by atoms with Gasteiger partial charge in [-0.05, 0) is 31.0 Å². The van der Waals surface area contributed by atoms with Gasteiger partial charge in [0.2, 0.25) is 0 Å². The van der Waals surface area contributed by atoms with Crippen molar-refractivity contribution in [2.45, 2.75) is 31.7 Å². The number of benzene rings is 1. The van der Waals surface area contributed by atoms with Crippen molar-refractivity contribution in [2.75, 3.05) is 18.1 Å². The van der Waals surface area contributed by atoms with Gasteiger partial charge in [0, 0.05) is 11.1 Å². The first-order valence-corrected chi connectivity index (χ1v) is 7.12. The van der Waals surface area contributed by atoms with Crippen LogP contribution in [0.2, 0.25) is 5.02 Å². The smallest absolute Gasteiger partial charge is 0.322 e. The second kappa shape index (κ2) is 5.29. The molecule has 1 aliphatic carbocycles. The number of carbonyl (C=O) groups is 1. The average molecular weight is 281 g/mol. The van der Waals surface area contributed by atoms with Crippen LogP contribution in [0.3, 0.4) is 0 Å². The summed E-state index contributed by atoms with van der Waals surface area (Å²) < 4.78 is 5.55. The van der Waals surface area contributed by atoms with Gasteiger partial charge in [-0.2, -0.15) is 0 Å². The lowest BCUT2D eigenvalue weighted by Gasteiger charge is -2.30. The van der Waals surface area contributed by atoms with E-state index in [9.17, 15) is 4.79 Å². The van der Waals surface area contributed by atoms with E-state index in [0.717, 1.165) is 24.3 Å². The minimum absolute atomic E-state index is 0.0429. The molecule has 1 N–H and O–H groups in total. The van der Waals surface area contributed by atoms with Gasteiger partial charge in [0.05, 0.1) is 12.2 Å². The Morgan fingerprint density at radius 1 is 1.37 bits per heavy atom. The molecule has 1 fully saturated rings. The van der Waals surface area contributed by atoms with Crippen molar-refractivity contribution in [1.82, 2.24) is 5.32 Å². The lowest BCUT2D eigenvalue weighted by Crippen LogP contribution is -2.47. The molecular formula is C14H17ClN2O2. The Morgan fingerprint density at radius 3 is 2.95 bits per heavy atom. The monoisotopic (exact) mass is 280 g/mol. The third-order valence-electron chi connectivity index (χ3n) is 3.71. The lowest BCUT2D eigenvalue weighted by molar-refractivity contribution is 0.236. The van der Waals surface area contributed by atoms with Crippen LogP contribution in [-0.4, -0.2) is 25.2 Å². The number of ether oxygens (including phenoxy) is 1. The molecule has 0 saturated heterocycles. The fourth-order valence-corrected chi connectivity index (χ4v) is 2.89. The lowest BCUT2D eigenvalue weighted by atomic mass is 10.2. The number of urea groups is 1. The molecule has 0 atom stereocenters. The third kappa shape index (κ3) is 2.63. The normalized spacial score (nSPS) is 18.9. The number of fused-ring (bicyclic) bond motifs is 1. The van der Waals surface area contributed by atoms with E-state index >= 15 is 0 Å². The predicted octanol–water partition coefficient (Wildman–Crippen LogP) is 3.19. The predicted molar refractivity (Wildman–Crippen MR) is 75.1 cm³/mol. The van der Waals surface area contributed by atoms with Crippen LogP contribution in [0.25, 0.3) is 0 Å². The van der Waals surface area contributed by atoms with Gasteiger partial charge in [0.25, 0.3) is 0 Å². The number of nitrogens with zero attached hydrogens (tertiary/aromatic N) is 1. The highest BCUT2D eigenvalue weighted by Gasteiger charge is 2.26. The largest absolute Gasteiger partial charge is 0.490 e. The molecule has 1 saturated carbocycles. The van der Waals surface area contributed by atoms with Gasteiger partial charge < -0.3 is 10.1 Å². The molecule has 2 aliphatic rings. The van der Waals surface area contributed by atoms with Crippen LogP contribution in [-0.2, 0) is 0 Å². The highest BCUT2D eigenvalue weighted by molar-refractivity contribution is 6.31. The van der Waals surface area contributed by atoms with Gasteiger partial charge in [0.15, 0.2) is 0 Å². The maximum atomic E-state index is 12.3. The minimum Gasteiger partial charge on any atom is -0.490 e. The van der Waals surface area contributed by atoms with Gasteiger partial charge in [-0.15, -0.1) is 0 Å². The number of hydrogen-bond donors (Lipinski definition) is 1. The Kier molecular flexibility index (Phi) is 3.51. The Balaban J connectivity index is 1.78. The van der Waals surface area contributed by atoms with Crippen molar-refractivity contribution >= 4 is 23.3 Å². The number of nitrogens with one attached hydrogen (secondary N) is 1. The summed E-state index contributed by atoms with van der Waals surface area (Å²) in [6.45, 7) is 1.08. The fourth-order valence-electron chi connectivity index (χ4n) is 2.72. The van der Waals surface area contributed by atoms with Crippen molar-refractivity contribution < 1.29 is 9.53 Å². The maximum Gasteiger partial charge on any atom is 0.322 e. The summed E-state index contributed by atoms with van der Waals surface area (Å²) in [5.74, 6) is 0.720. The number of halogens is 1. The average Bonchev–Trinajstić information content (AvgIpc) is 2.90. The molecule has 0 radical (unpaired) electrons. The first-order valence-electron chi connectivity index (χ1n) is 6.74. The first kappa shape index (κ1) is 12.6. The summed E-state index contributed by atoms with van der Waals surface area (Å²) in [5, 5.41) is 3.71. The molecule has 1 aromatic carbocycles. The maximum absolute atomic E-state index is 12.3. The van der Waals surface area contributed by atoms with Crippen LogP contribution in [0, 0.1) is 0 Å². The van der Waals surface area contributed by atoms with E-state index in [0.29, 0.717) is 24.2 Å². The number of carbonyl (C=O) groups excluding carboxylic acids is 1. The second-order valence-electron chi connectivity index (χ2n) is 5.04. The van der Waals surface area contributed by atoms with E-state index < -0.39 is 0 Å². The zero-order chi connectivity index (χ0) is 13.2. The number of rotatable bonds is 1. The van der Waals surface area contributed by atoms with Gasteiger partial charge in [0.1, 0.15) is 12.4 Å². The molecule has 5 heteroatoms. The molecule has 19 heavy (non-hydrogen) atoms. The Hall–Kier alpha value is -1.42. The fraction of sp³-hybridized carbons (Fsp3) is 0.500. The number of anilines is 1. The van der Waals surface area contributed by atoms with Crippen molar-refractivity contribution in [1.29, 1.82) is 0 Å². The first-order chi connectivity index (χ1) is 9.24. The Labute approximate surface area is 117 Å². The van der Waals surface area contributed by atoms with E-state index in [1.807, 2.05) is 6.07 Å². The van der Waals surface area contributed by atoms with Gasteiger partial charge in [-0.25, -0.2) is 4.79 Å². The van der Waals surface area contributed by atoms with E-state index in [1.54, 1.807) is 17.0 Å². The van der Waals surface area contributed by atoms with Gasteiger partial charge in [-0.1, -0.05) is 24.4 Å². The molecule has 102 valence electrons. The minimum atomic E-state index is -0.0429. The molecule has 1 aromatic rings. The molecule has 1 heterocycles.